The van der Waals surface area contributed by atoms with Crippen LogP contribution < -0.4 is 9.47 Å². The van der Waals surface area contributed by atoms with Crippen molar-refractivity contribution in [2.24, 2.45) is 5.18 Å². The van der Waals surface area contributed by atoms with Crippen LogP contribution in [0.3, 0.4) is 0 Å². The van der Waals surface area contributed by atoms with Crippen molar-refractivity contribution in [1.82, 2.24) is 4.57 Å². The third kappa shape index (κ3) is 2.65. The third-order valence-corrected chi connectivity index (χ3v) is 4.09. The monoisotopic (exact) mass is 346 g/mol. The van der Waals surface area contributed by atoms with Crippen molar-refractivity contribution in [2.75, 3.05) is 14.2 Å². The van der Waals surface area contributed by atoms with Gasteiger partial charge in [-0.3, -0.25) is 0 Å². The molecule has 0 atom stereocenters. The number of methoxy groups -OCH3 is 2. The molecular formula is C17H15ClN2O4. The van der Waals surface area contributed by atoms with Gasteiger partial charge < -0.3 is 19.1 Å². The van der Waals surface area contributed by atoms with E-state index in [2.05, 4.69) is 5.18 Å². The standard InChI is InChI=1S/C17H15ClN2O4/c1-23-14-6-3-10(7-15(14)24-2)9-20-13-8-11(18)4-5-12(13)16(19-22)17(20)21/h3-8,21H,9H2,1-2H3. The summed E-state index contributed by atoms with van der Waals surface area (Å²) in [6.45, 7) is 0.318. The predicted molar refractivity (Wildman–Crippen MR) is 92.7 cm³/mol. The summed E-state index contributed by atoms with van der Waals surface area (Å²) < 4.78 is 12.1. The number of hydrogen-bond donors (Lipinski definition) is 1. The first-order chi connectivity index (χ1) is 11.6. The number of aromatic nitrogens is 1. The Balaban J connectivity index is 2.12. The lowest BCUT2D eigenvalue weighted by Crippen LogP contribution is -2.00. The first-order valence-corrected chi connectivity index (χ1v) is 7.51. The van der Waals surface area contributed by atoms with Crippen LogP contribution in [0.15, 0.2) is 41.6 Å². The van der Waals surface area contributed by atoms with Gasteiger partial charge >= 0.3 is 0 Å². The number of halogens is 1. The highest BCUT2D eigenvalue weighted by Gasteiger charge is 2.18. The zero-order chi connectivity index (χ0) is 17.3. The van der Waals surface area contributed by atoms with Crippen LogP contribution in [0.5, 0.6) is 17.4 Å². The molecule has 0 saturated carbocycles. The minimum absolute atomic E-state index is 0.00198. The van der Waals surface area contributed by atoms with Crippen molar-refractivity contribution in [2.45, 2.75) is 6.54 Å². The Morgan fingerprint density at radius 2 is 1.88 bits per heavy atom. The molecule has 7 heteroatoms. The Morgan fingerprint density at radius 3 is 2.54 bits per heavy atom. The fourth-order valence-corrected chi connectivity index (χ4v) is 2.87. The zero-order valence-corrected chi connectivity index (χ0v) is 13.9. The fraction of sp³-hybridized carbons (Fsp3) is 0.176. The van der Waals surface area contributed by atoms with Crippen LogP contribution in [0.2, 0.25) is 5.02 Å². The molecule has 0 aliphatic heterocycles. The molecule has 124 valence electrons. The van der Waals surface area contributed by atoms with Crippen LogP contribution in [0, 0.1) is 4.91 Å². The quantitative estimate of drug-likeness (QED) is 0.692. The Morgan fingerprint density at radius 1 is 1.12 bits per heavy atom. The smallest absolute Gasteiger partial charge is 0.222 e. The average molecular weight is 347 g/mol. The van der Waals surface area contributed by atoms with Gasteiger partial charge in [0.15, 0.2) is 17.2 Å². The van der Waals surface area contributed by atoms with Crippen LogP contribution in [0.1, 0.15) is 5.56 Å². The van der Waals surface area contributed by atoms with Gasteiger partial charge in [0, 0.05) is 10.4 Å². The summed E-state index contributed by atoms with van der Waals surface area (Å²) in [5.74, 6) is 0.996. The molecule has 24 heavy (non-hydrogen) atoms. The molecule has 1 N–H and O–H groups in total. The highest BCUT2D eigenvalue weighted by molar-refractivity contribution is 6.31. The van der Waals surface area contributed by atoms with Crippen molar-refractivity contribution in [3.05, 3.63) is 51.9 Å². The summed E-state index contributed by atoms with van der Waals surface area (Å²) in [6.07, 6.45) is 0. The van der Waals surface area contributed by atoms with E-state index in [1.165, 1.54) is 0 Å². The maximum atomic E-state index is 11.1. The molecule has 3 aromatic rings. The molecule has 0 spiro atoms. The van der Waals surface area contributed by atoms with Gasteiger partial charge in [0.05, 0.1) is 26.3 Å². The Bertz CT molecular complexity index is 921. The summed E-state index contributed by atoms with van der Waals surface area (Å²) in [5, 5.41) is 14.4. The lowest BCUT2D eigenvalue weighted by molar-refractivity contribution is 0.354. The number of nitroso groups, excluding NO2 is 1. The van der Waals surface area contributed by atoms with Gasteiger partial charge in [-0.15, -0.1) is 4.91 Å². The van der Waals surface area contributed by atoms with Crippen LogP contribution >= 0.6 is 11.6 Å². The maximum Gasteiger partial charge on any atom is 0.222 e. The van der Waals surface area contributed by atoms with Gasteiger partial charge in [-0.25, -0.2) is 0 Å². The summed E-state index contributed by atoms with van der Waals surface area (Å²) in [4.78, 5) is 11.1. The zero-order valence-electron chi connectivity index (χ0n) is 13.1. The van der Waals surface area contributed by atoms with E-state index in [1.807, 2.05) is 12.1 Å². The van der Waals surface area contributed by atoms with E-state index in [-0.39, 0.29) is 11.6 Å². The molecule has 0 fully saturated rings. The normalized spacial score (nSPS) is 10.8. The SMILES string of the molecule is COc1ccc(Cn2c(O)c(N=O)c3ccc(Cl)cc32)cc1OC. The number of hydrogen-bond acceptors (Lipinski definition) is 5. The van der Waals surface area contributed by atoms with E-state index in [0.717, 1.165) is 5.56 Å². The fourth-order valence-electron chi connectivity index (χ4n) is 2.70. The maximum absolute atomic E-state index is 11.1. The van der Waals surface area contributed by atoms with Gasteiger partial charge in [0.1, 0.15) is 0 Å². The number of nitrogens with zero attached hydrogens (tertiary/aromatic N) is 2. The summed E-state index contributed by atoms with van der Waals surface area (Å²) in [7, 11) is 3.12. The largest absolute Gasteiger partial charge is 0.493 e. The Labute approximate surface area is 143 Å². The molecule has 0 saturated heterocycles. The van der Waals surface area contributed by atoms with Crippen molar-refractivity contribution in [3.63, 3.8) is 0 Å². The molecule has 2 aromatic carbocycles. The lowest BCUT2D eigenvalue weighted by atomic mass is 10.2. The molecule has 0 aliphatic carbocycles. The highest BCUT2D eigenvalue weighted by atomic mass is 35.5. The van der Waals surface area contributed by atoms with Crippen LogP contribution in [0.4, 0.5) is 5.69 Å². The number of aromatic hydroxyl groups is 1. The van der Waals surface area contributed by atoms with Gasteiger partial charge in [-0.2, -0.15) is 0 Å². The number of fused-ring (bicyclic) bond motifs is 1. The van der Waals surface area contributed by atoms with Crippen molar-refractivity contribution >= 4 is 28.2 Å². The molecule has 1 heterocycles. The average Bonchev–Trinajstić information content (AvgIpc) is 2.85. The Hall–Kier alpha value is -2.73. The second-order valence-electron chi connectivity index (χ2n) is 5.20. The predicted octanol–water partition coefficient (Wildman–Crippen LogP) is 4.46. The van der Waals surface area contributed by atoms with Gasteiger partial charge in [-0.1, -0.05) is 17.7 Å². The van der Waals surface area contributed by atoms with E-state index in [0.29, 0.717) is 34.0 Å². The van der Waals surface area contributed by atoms with Gasteiger partial charge in [0.2, 0.25) is 5.88 Å². The van der Waals surface area contributed by atoms with E-state index in [1.54, 1.807) is 43.1 Å². The summed E-state index contributed by atoms with van der Waals surface area (Å²) >= 11 is 6.05. The topological polar surface area (TPSA) is 73.0 Å². The molecule has 6 nitrogen and oxygen atoms in total. The second kappa shape index (κ2) is 6.41. The van der Waals surface area contributed by atoms with Crippen LogP contribution in [-0.4, -0.2) is 23.9 Å². The molecule has 0 unspecified atom stereocenters. The lowest BCUT2D eigenvalue weighted by Gasteiger charge is -2.11. The molecular weight excluding hydrogens is 332 g/mol. The highest BCUT2D eigenvalue weighted by Crippen LogP contribution is 2.40. The van der Waals surface area contributed by atoms with Gasteiger partial charge in [0.25, 0.3) is 0 Å². The third-order valence-electron chi connectivity index (χ3n) is 3.85. The van der Waals surface area contributed by atoms with Gasteiger partial charge in [-0.05, 0) is 41.1 Å². The molecule has 0 radical (unpaired) electrons. The molecule has 1 aromatic heterocycles. The number of benzene rings is 2. The van der Waals surface area contributed by atoms with E-state index >= 15 is 0 Å². The van der Waals surface area contributed by atoms with E-state index in [9.17, 15) is 10.0 Å². The second-order valence-corrected chi connectivity index (χ2v) is 5.64. The minimum Gasteiger partial charge on any atom is -0.493 e. The first-order valence-electron chi connectivity index (χ1n) is 7.14. The molecule has 0 bridgehead atoms. The van der Waals surface area contributed by atoms with Crippen molar-refractivity contribution in [1.29, 1.82) is 0 Å². The Kier molecular flexibility index (Phi) is 4.31. The van der Waals surface area contributed by atoms with E-state index in [4.69, 9.17) is 21.1 Å². The minimum atomic E-state index is -0.197. The molecule has 0 aliphatic rings. The summed E-state index contributed by atoms with van der Waals surface area (Å²) in [6, 6.07) is 10.4. The van der Waals surface area contributed by atoms with Crippen molar-refractivity contribution < 1.29 is 14.6 Å². The van der Waals surface area contributed by atoms with Crippen molar-refractivity contribution in [3.8, 4) is 17.4 Å². The van der Waals surface area contributed by atoms with E-state index < -0.39 is 0 Å². The molecule has 3 rings (SSSR count). The first kappa shape index (κ1) is 16.1. The van der Waals surface area contributed by atoms with Crippen LogP contribution in [0.25, 0.3) is 10.9 Å². The number of ether oxygens (including phenoxy) is 2. The van der Waals surface area contributed by atoms with Crippen LogP contribution in [-0.2, 0) is 6.54 Å². The summed E-state index contributed by atoms with van der Waals surface area (Å²) in [5.41, 5.74) is 1.49. The number of rotatable bonds is 5. The molecule has 0 amide bonds.